The topological polar surface area (TPSA) is 12.0 Å². The van der Waals surface area contributed by atoms with Gasteiger partial charge in [-0.1, -0.05) is 26.2 Å². The zero-order valence-corrected chi connectivity index (χ0v) is 12.2. The maximum absolute atomic E-state index is 12.0. The fraction of sp³-hybridized carbons (Fsp3) is 1.00. The third-order valence-corrected chi connectivity index (χ3v) is 4.40. The average molecular weight is 279 g/mol. The molecule has 1 saturated carbocycles. The Morgan fingerprint density at radius 2 is 1.68 bits per heavy atom. The second-order valence-electron chi connectivity index (χ2n) is 6.11. The Morgan fingerprint density at radius 3 is 2.21 bits per heavy atom. The molecule has 0 aliphatic heterocycles. The third-order valence-electron chi connectivity index (χ3n) is 4.40. The summed E-state index contributed by atoms with van der Waals surface area (Å²) in [6.07, 6.45) is 2.69. The number of nitrogens with one attached hydrogen (secondary N) is 1. The summed E-state index contributed by atoms with van der Waals surface area (Å²) in [5.74, 6) is 1.63. The molecule has 0 saturated heterocycles. The lowest BCUT2D eigenvalue weighted by Crippen LogP contribution is -2.33. The van der Waals surface area contributed by atoms with E-state index in [2.05, 4.69) is 12.2 Å². The average Bonchev–Trinajstić information content (AvgIpc) is 2.35. The van der Waals surface area contributed by atoms with Crippen LogP contribution < -0.4 is 5.32 Å². The van der Waals surface area contributed by atoms with E-state index < -0.39 is 12.6 Å². The van der Waals surface area contributed by atoms with E-state index in [1.54, 1.807) is 0 Å². The van der Waals surface area contributed by atoms with Crippen LogP contribution in [0.4, 0.5) is 13.2 Å². The fourth-order valence-electron chi connectivity index (χ4n) is 2.92. The number of hydrogen-bond acceptors (Lipinski definition) is 1. The summed E-state index contributed by atoms with van der Waals surface area (Å²) in [5.41, 5.74) is 0. The first-order valence-corrected chi connectivity index (χ1v) is 7.70. The van der Waals surface area contributed by atoms with E-state index in [4.69, 9.17) is 0 Å². The van der Waals surface area contributed by atoms with E-state index in [1.165, 1.54) is 32.1 Å². The molecule has 0 aromatic carbocycles. The maximum Gasteiger partial charge on any atom is 0.389 e. The summed E-state index contributed by atoms with van der Waals surface area (Å²) in [6, 6.07) is 0.200. The van der Waals surface area contributed by atoms with Gasteiger partial charge in [-0.2, -0.15) is 13.2 Å². The van der Waals surface area contributed by atoms with Crippen LogP contribution in [0.1, 0.15) is 65.2 Å². The molecule has 0 radical (unpaired) electrons. The molecular formula is C15H28F3N. The van der Waals surface area contributed by atoms with Crippen molar-refractivity contribution in [2.45, 2.75) is 77.4 Å². The molecule has 0 amide bonds. The second-order valence-corrected chi connectivity index (χ2v) is 6.11. The summed E-state index contributed by atoms with van der Waals surface area (Å²) in [5, 5.41) is 3.40. The molecule has 1 aliphatic carbocycles. The first-order chi connectivity index (χ1) is 8.90. The maximum atomic E-state index is 12.0. The van der Waals surface area contributed by atoms with Gasteiger partial charge in [0.15, 0.2) is 0 Å². The van der Waals surface area contributed by atoms with E-state index in [0.29, 0.717) is 6.42 Å². The van der Waals surface area contributed by atoms with E-state index >= 15 is 0 Å². The van der Waals surface area contributed by atoms with Gasteiger partial charge in [-0.05, 0) is 51.0 Å². The lowest BCUT2D eigenvalue weighted by atomic mass is 9.81. The van der Waals surface area contributed by atoms with Crippen LogP contribution in [-0.2, 0) is 0 Å². The third kappa shape index (κ3) is 7.81. The Bertz CT molecular complexity index is 232. The summed E-state index contributed by atoms with van der Waals surface area (Å²) in [4.78, 5) is 0. The summed E-state index contributed by atoms with van der Waals surface area (Å²) in [7, 11) is 0. The summed E-state index contributed by atoms with van der Waals surface area (Å²) >= 11 is 0. The van der Waals surface area contributed by atoms with Crippen molar-refractivity contribution < 1.29 is 13.2 Å². The van der Waals surface area contributed by atoms with Crippen LogP contribution in [-0.4, -0.2) is 18.8 Å². The molecule has 4 heteroatoms. The highest BCUT2D eigenvalue weighted by Crippen LogP contribution is 2.30. The predicted octanol–water partition coefficient (Wildman–Crippen LogP) is 4.91. The lowest BCUT2D eigenvalue weighted by molar-refractivity contribution is -0.135. The van der Waals surface area contributed by atoms with Gasteiger partial charge in [0.1, 0.15) is 0 Å². The summed E-state index contributed by atoms with van der Waals surface area (Å²) in [6.45, 7) is 5.23. The van der Waals surface area contributed by atoms with Crippen LogP contribution >= 0.6 is 0 Å². The van der Waals surface area contributed by atoms with Crippen LogP contribution in [0, 0.1) is 11.8 Å². The molecule has 114 valence electrons. The van der Waals surface area contributed by atoms with E-state index in [9.17, 15) is 13.2 Å². The van der Waals surface area contributed by atoms with Crippen molar-refractivity contribution in [3.8, 4) is 0 Å². The van der Waals surface area contributed by atoms with Gasteiger partial charge in [0.05, 0.1) is 0 Å². The SMILES string of the molecule is CCC1CCC(CNC(C)CCCC(F)(F)F)CC1. The number of rotatable bonds is 7. The highest BCUT2D eigenvalue weighted by molar-refractivity contribution is 4.74. The molecule has 1 N–H and O–H groups in total. The minimum absolute atomic E-state index is 0.200. The van der Waals surface area contributed by atoms with Gasteiger partial charge in [0.2, 0.25) is 0 Å². The molecule has 0 aromatic rings. The highest BCUT2D eigenvalue weighted by atomic mass is 19.4. The molecule has 0 heterocycles. The van der Waals surface area contributed by atoms with Gasteiger partial charge < -0.3 is 5.32 Å². The standard InChI is InChI=1S/C15H28F3N/c1-3-13-6-8-14(9-7-13)11-19-12(2)5-4-10-15(16,17)18/h12-14,19H,3-11H2,1-2H3. The molecule has 19 heavy (non-hydrogen) atoms. The van der Waals surface area contributed by atoms with Crippen molar-refractivity contribution in [3.63, 3.8) is 0 Å². The molecule has 1 unspecified atom stereocenters. The van der Waals surface area contributed by atoms with Crippen LogP contribution in [0.25, 0.3) is 0 Å². The van der Waals surface area contributed by atoms with Crippen molar-refractivity contribution in [2.75, 3.05) is 6.54 Å². The highest BCUT2D eigenvalue weighted by Gasteiger charge is 2.26. The second kappa shape index (κ2) is 8.13. The summed E-state index contributed by atoms with van der Waals surface area (Å²) < 4.78 is 36.1. The molecule has 1 aliphatic rings. The van der Waals surface area contributed by atoms with Gasteiger partial charge in [0, 0.05) is 12.5 Å². The molecule has 1 atom stereocenters. The molecule has 0 aromatic heterocycles. The normalized spacial score (nSPS) is 26.4. The van der Waals surface area contributed by atoms with Crippen molar-refractivity contribution in [3.05, 3.63) is 0 Å². The van der Waals surface area contributed by atoms with Crippen molar-refractivity contribution in [2.24, 2.45) is 11.8 Å². The van der Waals surface area contributed by atoms with Crippen LogP contribution in [0.15, 0.2) is 0 Å². The Balaban J connectivity index is 2.05. The largest absolute Gasteiger partial charge is 0.389 e. The number of halogens is 3. The Labute approximate surface area is 115 Å². The smallest absolute Gasteiger partial charge is 0.314 e. The van der Waals surface area contributed by atoms with Crippen molar-refractivity contribution in [1.29, 1.82) is 0 Å². The Morgan fingerprint density at radius 1 is 1.11 bits per heavy atom. The first-order valence-electron chi connectivity index (χ1n) is 7.70. The van der Waals surface area contributed by atoms with Crippen molar-refractivity contribution in [1.82, 2.24) is 5.32 Å². The molecular weight excluding hydrogens is 251 g/mol. The number of alkyl halides is 3. The van der Waals surface area contributed by atoms with Crippen LogP contribution in [0.3, 0.4) is 0 Å². The van der Waals surface area contributed by atoms with Gasteiger partial charge in [0.25, 0.3) is 0 Å². The van der Waals surface area contributed by atoms with Gasteiger partial charge >= 0.3 is 6.18 Å². The predicted molar refractivity (Wildman–Crippen MR) is 73.1 cm³/mol. The van der Waals surface area contributed by atoms with E-state index in [-0.39, 0.29) is 12.5 Å². The Hall–Kier alpha value is -0.250. The fourth-order valence-corrected chi connectivity index (χ4v) is 2.92. The minimum atomic E-state index is -4.00. The van der Waals surface area contributed by atoms with Crippen LogP contribution in [0.5, 0.6) is 0 Å². The number of hydrogen-bond donors (Lipinski definition) is 1. The lowest BCUT2D eigenvalue weighted by Gasteiger charge is -2.29. The first kappa shape index (κ1) is 16.8. The zero-order chi connectivity index (χ0) is 14.3. The van der Waals surface area contributed by atoms with Gasteiger partial charge in [-0.25, -0.2) is 0 Å². The minimum Gasteiger partial charge on any atom is -0.314 e. The molecule has 0 spiro atoms. The molecule has 1 rings (SSSR count). The van der Waals surface area contributed by atoms with Gasteiger partial charge in [-0.3, -0.25) is 0 Å². The van der Waals surface area contributed by atoms with Crippen molar-refractivity contribution >= 4 is 0 Å². The monoisotopic (exact) mass is 279 g/mol. The van der Waals surface area contributed by atoms with E-state index in [1.807, 2.05) is 6.92 Å². The molecule has 1 nitrogen and oxygen atoms in total. The van der Waals surface area contributed by atoms with E-state index in [0.717, 1.165) is 18.4 Å². The molecule has 0 bridgehead atoms. The zero-order valence-electron chi connectivity index (χ0n) is 12.2. The molecule has 1 fully saturated rings. The quantitative estimate of drug-likeness (QED) is 0.698. The Kier molecular flexibility index (Phi) is 7.19. The van der Waals surface area contributed by atoms with Crippen LogP contribution in [0.2, 0.25) is 0 Å². The van der Waals surface area contributed by atoms with Gasteiger partial charge in [-0.15, -0.1) is 0 Å².